The molecule has 0 saturated heterocycles. The van der Waals surface area contributed by atoms with E-state index < -0.39 is 9.84 Å². The molecule has 38 heavy (non-hydrogen) atoms. The van der Waals surface area contributed by atoms with Gasteiger partial charge in [-0.05, 0) is 56.4 Å². The number of benzene rings is 1. The van der Waals surface area contributed by atoms with E-state index in [0.29, 0.717) is 24.0 Å². The summed E-state index contributed by atoms with van der Waals surface area (Å²) < 4.78 is 32.9. The molecular weight excluding hydrogens is 504 g/mol. The van der Waals surface area contributed by atoms with Gasteiger partial charge < -0.3 is 15.2 Å². The minimum absolute atomic E-state index is 0.0557. The maximum atomic E-state index is 12.0. The summed E-state index contributed by atoms with van der Waals surface area (Å²) in [4.78, 5) is 4.87. The second-order valence-corrected chi connectivity index (χ2v) is 12.2. The molecule has 5 rings (SSSR count). The molecule has 0 unspecified atom stereocenters. The molecule has 3 heterocycles. The molecular formula is C27H34N6O4S. The maximum Gasteiger partial charge on any atom is 0.241 e. The molecule has 1 saturated carbocycles. The topological polar surface area (TPSA) is 124 Å². The molecule has 1 aliphatic rings. The number of rotatable bonds is 9. The van der Waals surface area contributed by atoms with Crippen molar-refractivity contribution in [3.05, 3.63) is 60.2 Å². The molecule has 3 aromatic heterocycles. The molecule has 0 radical (unpaired) electrons. The van der Waals surface area contributed by atoms with Crippen molar-refractivity contribution < 1.29 is 18.3 Å². The lowest BCUT2D eigenvalue weighted by atomic mass is 9.85. The van der Waals surface area contributed by atoms with Crippen molar-refractivity contribution in [3.63, 3.8) is 0 Å². The van der Waals surface area contributed by atoms with Gasteiger partial charge in [0.2, 0.25) is 5.95 Å². The largest absolute Gasteiger partial charge is 0.393 e. The van der Waals surface area contributed by atoms with Gasteiger partial charge in [-0.15, -0.1) is 5.10 Å². The van der Waals surface area contributed by atoms with Gasteiger partial charge in [-0.2, -0.15) is 5.10 Å². The lowest BCUT2D eigenvalue weighted by Crippen LogP contribution is -2.23. The zero-order valence-electron chi connectivity index (χ0n) is 21.9. The van der Waals surface area contributed by atoms with Crippen LogP contribution in [0.2, 0.25) is 0 Å². The molecule has 0 spiro atoms. The van der Waals surface area contributed by atoms with E-state index in [2.05, 4.69) is 21.5 Å². The standard InChI is InChI=1S/C27H34N6O4S/c1-18(17-37-2)30-27-28-14-26-24(12-25(33(26)31-27)20-7-9-22(34)10-8-20)21-13-29-32(16-21)15-19-5-4-6-23(11-19)38(3,35)36/h4-6,11-14,16,18,20,22,34H,7-10,15,17H2,1-3H3,(H,30,31)/t18-,20?,22?/m0/s1. The van der Waals surface area contributed by atoms with Crippen LogP contribution >= 0.6 is 0 Å². The number of hydrogen-bond donors (Lipinski definition) is 2. The number of nitrogens with zero attached hydrogens (tertiary/aromatic N) is 5. The van der Waals surface area contributed by atoms with Crippen LogP contribution < -0.4 is 5.32 Å². The summed E-state index contributed by atoms with van der Waals surface area (Å²) >= 11 is 0. The monoisotopic (exact) mass is 538 g/mol. The highest BCUT2D eigenvalue weighted by atomic mass is 32.2. The number of anilines is 1. The van der Waals surface area contributed by atoms with Gasteiger partial charge in [0.15, 0.2) is 9.84 Å². The second-order valence-electron chi connectivity index (χ2n) is 10.2. The van der Waals surface area contributed by atoms with E-state index in [-0.39, 0.29) is 18.1 Å². The van der Waals surface area contributed by atoms with Gasteiger partial charge in [-0.1, -0.05) is 12.1 Å². The normalized spacial score (nSPS) is 19.1. The zero-order chi connectivity index (χ0) is 26.9. The number of ether oxygens (including phenoxy) is 1. The molecule has 202 valence electrons. The highest BCUT2D eigenvalue weighted by Crippen LogP contribution is 2.37. The average molecular weight is 539 g/mol. The van der Waals surface area contributed by atoms with Crippen molar-refractivity contribution in [3.8, 4) is 11.1 Å². The highest BCUT2D eigenvalue weighted by molar-refractivity contribution is 7.90. The van der Waals surface area contributed by atoms with Gasteiger partial charge in [0.25, 0.3) is 0 Å². The van der Waals surface area contributed by atoms with E-state index in [1.807, 2.05) is 36.1 Å². The van der Waals surface area contributed by atoms with Crippen molar-refractivity contribution in [2.24, 2.45) is 0 Å². The fraction of sp³-hybridized carbons (Fsp3) is 0.444. The number of hydrogen-bond acceptors (Lipinski definition) is 8. The molecule has 0 amide bonds. The van der Waals surface area contributed by atoms with Gasteiger partial charge >= 0.3 is 0 Å². The first-order chi connectivity index (χ1) is 18.2. The third-order valence-corrected chi connectivity index (χ3v) is 8.18. The minimum Gasteiger partial charge on any atom is -0.393 e. The van der Waals surface area contributed by atoms with Crippen LogP contribution in [0, 0.1) is 0 Å². The molecule has 11 heteroatoms. The maximum absolute atomic E-state index is 12.0. The van der Waals surface area contributed by atoms with E-state index in [9.17, 15) is 13.5 Å². The van der Waals surface area contributed by atoms with Crippen molar-refractivity contribution >= 4 is 21.3 Å². The molecule has 4 aromatic rings. The Morgan fingerprint density at radius 1 is 1.18 bits per heavy atom. The van der Waals surface area contributed by atoms with Crippen molar-refractivity contribution in [1.82, 2.24) is 24.4 Å². The van der Waals surface area contributed by atoms with Crippen molar-refractivity contribution in [2.45, 2.75) is 62.1 Å². The summed E-state index contributed by atoms with van der Waals surface area (Å²) in [6.07, 6.45) is 9.93. The molecule has 2 N–H and O–H groups in total. The van der Waals surface area contributed by atoms with Crippen LogP contribution in [0.3, 0.4) is 0 Å². The Morgan fingerprint density at radius 2 is 1.97 bits per heavy atom. The third-order valence-electron chi connectivity index (χ3n) is 7.07. The highest BCUT2D eigenvalue weighted by Gasteiger charge is 2.26. The fourth-order valence-electron chi connectivity index (χ4n) is 5.14. The summed E-state index contributed by atoms with van der Waals surface area (Å²) in [6.45, 7) is 3.00. The van der Waals surface area contributed by atoms with Gasteiger partial charge in [0.05, 0.1) is 42.1 Å². The third kappa shape index (κ3) is 5.74. The van der Waals surface area contributed by atoms with E-state index in [1.54, 1.807) is 30.0 Å². The van der Waals surface area contributed by atoms with Gasteiger partial charge in [0, 0.05) is 48.3 Å². The Hall–Kier alpha value is -3.28. The molecule has 0 aliphatic heterocycles. The van der Waals surface area contributed by atoms with Gasteiger partial charge in [-0.3, -0.25) is 4.68 Å². The van der Waals surface area contributed by atoms with Crippen molar-refractivity contribution in [1.29, 1.82) is 0 Å². The summed E-state index contributed by atoms with van der Waals surface area (Å²) in [5.74, 6) is 0.815. The summed E-state index contributed by atoms with van der Waals surface area (Å²) in [5.41, 5.74) is 4.75. The van der Waals surface area contributed by atoms with Crippen LogP contribution in [0.1, 0.15) is 49.8 Å². The van der Waals surface area contributed by atoms with E-state index >= 15 is 0 Å². The smallest absolute Gasteiger partial charge is 0.241 e. The molecule has 1 aliphatic carbocycles. The Morgan fingerprint density at radius 3 is 2.71 bits per heavy atom. The first kappa shape index (κ1) is 26.3. The summed E-state index contributed by atoms with van der Waals surface area (Å²) in [5, 5.41) is 22.7. The van der Waals surface area contributed by atoms with Crippen LogP contribution in [0.15, 0.2) is 53.8 Å². The number of aliphatic hydroxyl groups excluding tert-OH is 1. The van der Waals surface area contributed by atoms with Crippen LogP contribution in [-0.2, 0) is 21.1 Å². The second kappa shape index (κ2) is 10.8. The molecule has 1 fully saturated rings. The predicted molar refractivity (Wildman–Crippen MR) is 145 cm³/mol. The van der Waals surface area contributed by atoms with Gasteiger partial charge in [-0.25, -0.2) is 17.9 Å². The van der Waals surface area contributed by atoms with E-state index in [0.717, 1.165) is 53.6 Å². The Balaban J connectivity index is 1.48. The minimum atomic E-state index is -3.28. The quantitative estimate of drug-likeness (QED) is 0.332. The number of nitrogens with one attached hydrogen (secondary N) is 1. The fourth-order valence-corrected chi connectivity index (χ4v) is 5.83. The summed E-state index contributed by atoms with van der Waals surface area (Å²) in [7, 11) is -1.61. The Kier molecular flexibility index (Phi) is 7.51. The summed E-state index contributed by atoms with van der Waals surface area (Å²) in [6, 6.07) is 9.16. The average Bonchev–Trinajstić information content (AvgIpc) is 3.49. The number of aromatic nitrogens is 5. The van der Waals surface area contributed by atoms with Crippen LogP contribution in [0.5, 0.6) is 0 Å². The molecule has 1 aromatic carbocycles. The number of aliphatic hydroxyl groups is 1. The predicted octanol–water partition coefficient (Wildman–Crippen LogP) is 3.51. The van der Waals surface area contributed by atoms with E-state index in [4.69, 9.17) is 9.84 Å². The first-order valence-corrected chi connectivity index (χ1v) is 14.7. The Bertz CT molecular complexity index is 1520. The van der Waals surface area contributed by atoms with E-state index in [1.165, 1.54) is 6.26 Å². The number of sulfone groups is 1. The van der Waals surface area contributed by atoms with Crippen LogP contribution in [0.25, 0.3) is 16.6 Å². The molecule has 1 atom stereocenters. The lowest BCUT2D eigenvalue weighted by Gasteiger charge is -2.25. The zero-order valence-corrected chi connectivity index (χ0v) is 22.7. The SMILES string of the molecule is COC[C@H](C)Nc1ncc2c(-c3cnn(Cc4cccc(S(C)(=O)=O)c4)c3)cc(C3CCC(O)CC3)n2n1. The lowest BCUT2D eigenvalue weighted by molar-refractivity contribution is 0.121. The first-order valence-electron chi connectivity index (χ1n) is 12.9. The van der Waals surface area contributed by atoms with Crippen LogP contribution in [-0.4, -0.2) is 70.0 Å². The van der Waals surface area contributed by atoms with Crippen molar-refractivity contribution in [2.75, 3.05) is 25.3 Å². The molecule has 0 bridgehead atoms. The molecule has 10 nitrogen and oxygen atoms in total. The number of fused-ring (bicyclic) bond motifs is 1. The number of methoxy groups -OCH3 is 1. The Labute approximate surface area is 222 Å². The van der Waals surface area contributed by atoms with Crippen LogP contribution in [0.4, 0.5) is 5.95 Å². The van der Waals surface area contributed by atoms with Gasteiger partial charge in [0.1, 0.15) is 0 Å².